The Morgan fingerprint density at radius 1 is 1.23 bits per heavy atom. The van der Waals surface area contributed by atoms with E-state index in [-0.39, 0.29) is 12.6 Å². The number of alkyl halides is 4. The van der Waals surface area contributed by atoms with E-state index in [2.05, 4.69) is 29.6 Å². The highest BCUT2D eigenvalue weighted by atomic mass is 28.3. The van der Waals surface area contributed by atoms with Crippen LogP contribution in [0.15, 0.2) is 24.5 Å². The summed E-state index contributed by atoms with van der Waals surface area (Å²) in [5, 5.41) is 0. The molecule has 0 N–H and O–H groups in total. The molecule has 0 spiro atoms. The SMILES string of the molecule is Cc1ccc(-c2nc(C(F)C(F)(F)F)cn2COCC[Si](C)(C)C)nc1. The molecule has 9 heteroatoms. The predicted octanol–water partition coefficient (Wildman–Crippen LogP) is 5.14. The minimum Gasteiger partial charge on any atom is -0.361 e. The van der Waals surface area contributed by atoms with Crippen molar-refractivity contribution in [1.82, 2.24) is 14.5 Å². The number of aromatic nitrogens is 3. The third-order valence-electron chi connectivity index (χ3n) is 3.71. The van der Waals surface area contributed by atoms with Crippen molar-refractivity contribution < 1.29 is 22.3 Å². The largest absolute Gasteiger partial charge is 0.425 e. The van der Waals surface area contributed by atoms with Gasteiger partial charge in [-0.2, -0.15) is 13.2 Å². The molecular weight excluding hydrogens is 366 g/mol. The zero-order valence-electron chi connectivity index (χ0n) is 15.3. The summed E-state index contributed by atoms with van der Waals surface area (Å²) in [5.41, 5.74) is 0.575. The molecule has 1 atom stereocenters. The van der Waals surface area contributed by atoms with Crippen LogP contribution in [0, 0.1) is 6.92 Å². The third-order valence-corrected chi connectivity index (χ3v) is 5.41. The Morgan fingerprint density at radius 3 is 2.46 bits per heavy atom. The van der Waals surface area contributed by atoms with E-state index in [0.717, 1.165) is 17.8 Å². The fourth-order valence-electron chi connectivity index (χ4n) is 2.17. The molecule has 1 unspecified atom stereocenters. The average Bonchev–Trinajstić information content (AvgIpc) is 2.93. The van der Waals surface area contributed by atoms with E-state index in [0.29, 0.717) is 12.3 Å². The van der Waals surface area contributed by atoms with Gasteiger partial charge in [-0.05, 0) is 24.6 Å². The second-order valence-electron chi connectivity index (χ2n) is 7.43. The minimum absolute atomic E-state index is 0.00700. The maximum Gasteiger partial charge on any atom is 0.425 e. The summed E-state index contributed by atoms with van der Waals surface area (Å²) in [6.45, 7) is 8.92. The minimum atomic E-state index is -5.00. The fraction of sp³-hybridized carbons (Fsp3) is 0.529. The number of imidazole rings is 1. The van der Waals surface area contributed by atoms with E-state index in [1.807, 2.05) is 6.92 Å². The van der Waals surface area contributed by atoms with E-state index in [4.69, 9.17) is 4.74 Å². The summed E-state index contributed by atoms with van der Waals surface area (Å²) in [4.78, 5) is 8.01. The molecule has 144 valence electrons. The molecule has 4 nitrogen and oxygen atoms in total. The van der Waals surface area contributed by atoms with Gasteiger partial charge >= 0.3 is 6.18 Å². The molecule has 2 rings (SSSR count). The van der Waals surface area contributed by atoms with Gasteiger partial charge < -0.3 is 9.30 Å². The first-order valence-corrected chi connectivity index (χ1v) is 12.0. The first-order chi connectivity index (χ1) is 12.0. The van der Waals surface area contributed by atoms with Gasteiger partial charge in [0.2, 0.25) is 6.17 Å². The zero-order chi connectivity index (χ0) is 19.5. The standard InChI is InChI=1S/C17H23F4N3OSi/c1-12-5-6-13(22-9-12)16-23-14(15(18)17(19,20)21)10-24(16)11-25-7-8-26(2,3)4/h5-6,9-10,15H,7-8,11H2,1-4H3. The van der Waals surface area contributed by atoms with Crippen molar-refractivity contribution in [3.8, 4) is 11.5 Å². The Balaban J connectivity index is 2.25. The maximum atomic E-state index is 13.7. The van der Waals surface area contributed by atoms with E-state index in [1.165, 1.54) is 4.57 Å². The number of ether oxygens (including phenoxy) is 1. The topological polar surface area (TPSA) is 39.9 Å². The monoisotopic (exact) mass is 389 g/mol. The summed E-state index contributed by atoms with van der Waals surface area (Å²) >= 11 is 0. The molecule has 0 bridgehead atoms. The quantitative estimate of drug-likeness (QED) is 0.374. The molecule has 2 heterocycles. The molecular formula is C17H23F4N3OSi. The maximum absolute atomic E-state index is 13.7. The highest BCUT2D eigenvalue weighted by molar-refractivity contribution is 6.76. The number of hydrogen-bond donors (Lipinski definition) is 0. The van der Waals surface area contributed by atoms with Crippen LogP contribution in [0.25, 0.3) is 11.5 Å². The first kappa shape index (κ1) is 20.6. The molecule has 0 aliphatic heterocycles. The van der Waals surface area contributed by atoms with Gasteiger partial charge in [0.1, 0.15) is 18.1 Å². The Labute approximate surface area is 151 Å². The van der Waals surface area contributed by atoms with Gasteiger partial charge in [-0.15, -0.1) is 0 Å². The zero-order valence-corrected chi connectivity index (χ0v) is 16.3. The Hall–Kier alpha value is -1.74. The molecule has 0 aliphatic carbocycles. The normalized spacial score (nSPS) is 13.8. The van der Waals surface area contributed by atoms with Crippen LogP contribution in [0.1, 0.15) is 17.4 Å². The van der Waals surface area contributed by atoms with Gasteiger partial charge in [-0.3, -0.25) is 4.98 Å². The van der Waals surface area contributed by atoms with Gasteiger partial charge in [-0.1, -0.05) is 25.7 Å². The fourth-order valence-corrected chi connectivity index (χ4v) is 2.93. The van der Waals surface area contributed by atoms with Gasteiger partial charge in [0, 0.05) is 27.1 Å². The van der Waals surface area contributed by atoms with Crippen molar-refractivity contribution in [2.45, 2.75) is 51.7 Å². The lowest BCUT2D eigenvalue weighted by atomic mass is 10.2. The van der Waals surface area contributed by atoms with E-state index < -0.39 is 26.1 Å². The second-order valence-corrected chi connectivity index (χ2v) is 13.1. The van der Waals surface area contributed by atoms with Crippen molar-refractivity contribution in [2.24, 2.45) is 0 Å². The Kier molecular flexibility index (Phi) is 6.23. The summed E-state index contributed by atoms with van der Waals surface area (Å²) in [5.74, 6) is 0.153. The molecule has 0 aromatic carbocycles. The van der Waals surface area contributed by atoms with E-state index >= 15 is 0 Å². The van der Waals surface area contributed by atoms with Crippen LogP contribution < -0.4 is 0 Å². The summed E-state index contributed by atoms with van der Waals surface area (Å²) < 4.78 is 58.8. The van der Waals surface area contributed by atoms with Crippen LogP contribution in [0.5, 0.6) is 0 Å². The van der Waals surface area contributed by atoms with Crippen LogP contribution in [-0.2, 0) is 11.5 Å². The second kappa shape index (κ2) is 7.87. The third kappa shape index (κ3) is 5.63. The lowest BCUT2D eigenvalue weighted by Crippen LogP contribution is -2.22. The Bertz CT molecular complexity index is 723. The van der Waals surface area contributed by atoms with Gasteiger partial charge in [0.05, 0.1) is 0 Å². The summed E-state index contributed by atoms with van der Waals surface area (Å²) in [6.07, 6.45) is -5.52. The number of hydrogen-bond acceptors (Lipinski definition) is 3. The van der Waals surface area contributed by atoms with Crippen molar-refractivity contribution in [3.63, 3.8) is 0 Å². The average molecular weight is 389 g/mol. The van der Waals surface area contributed by atoms with Crippen LogP contribution in [0.2, 0.25) is 25.7 Å². The molecule has 0 radical (unpaired) electrons. The van der Waals surface area contributed by atoms with Crippen LogP contribution in [0.4, 0.5) is 17.6 Å². The smallest absolute Gasteiger partial charge is 0.361 e. The van der Waals surface area contributed by atoms with E-state index in [1.54, 1.807) is 18.3 Å². The van der Waals surface area contributed by atoms with Crippen molar-refractivity contribution in [2.75, 3.05) is 6.61 Å². The molecule has 0 amide bonds. The molecule has 26 heavy (non-hydrogen) atoms. The van der Waals surface area contributed by atoms with Crippen LogP contribution in [-0.4, -0.2) is 35.4 Å². The summed E-state index contributed by atoms with van der Waals surface area (Å²) in [6, 6.07) is 4.32. The van der Waals surface area contributed by atoms with Crippen molar-refractivity contribution in [3.05, 3.63) is 35.8 Å². The van der Waals surface area contributed by atoms with Crippen LogP contribution >= 0.6 is 0 Å². The van der Waals surface area contributed by atoms with Gasteiger partial charge in [-0.25, -0.2) is 9.37 Å². The first-order valence-electron chi connectivity index (χ1n) is 8.26. The number of aryl methyl sites for hydroxylation is 1. The molecule has 2 aromatic rings. The molecule has 0 aliphatic rings. The highest BCUT2D eigenvalue weighted by Gasteiger charge is 2.43. The number of pyridine rings is 1. The van der Waals surface area contributed by atoms with Crippen LogP contribution in [0.3, 0.4) is 0 Å². The number of nitrogens with zero attached hydrogens (tertiary/aromatic N) is 3. The molecule has 2 aromatic heterocycles. The lowest BCUT2D eigenvalue weighted by molar-refractivity contribution is -0.183. The predicted molar refractivity (Wildman–Crippen MR) is 94.2 cm³/mol. The van der Waals surface area contributed by atoms with Gasteiger partial charge in [0.15, 0.2) is 5.82 Å². The molecule has 0 fully saturated rings. The number of rotatable bonds is 7. The Morgan fingerprint density at radius 2 is 1.92 bits per heavy atom. The lowest BCUT2D eigenvalue weighted by Gasteiger charge is -2.16. The molecule has 0 saturated carbocycles. The van der Waals surface area contributed by atoms with Crippen molar-refractivity contribution >= 4 is 8.07 Å². The van der Waals surface area contributed by atoms with Gasteiger partial charge in [0.25, 0.3) is 0 Å². The summed E-state index contributed by atoms with van der Waals surface area (Å²) in [7, 11) is -1.29. The van der Waals surface area contributed by atoms with Crippen molar-refractivity contribution in [1.29, 1.82) is 0 Å². The van der Waals surface area contributed by atoms with E-state index in [9.17, 15) is 17.6 Å². The molecule has 0 saturated heterocycles. The highest BCUT2D eigenvalue weighted by Crippen LogP contribution is 2.36. The number of halogens is 4.